The fourth-order valence-electron chi connectivity index (χ4n) is 5.56. The molecule has 0 amide bonds. The monoisotopic (exact) mass is 488 g/mol. The van der Waals surface area contributed by atoms with Crippen molar-refractivity contribution < 1.29 is 4.74 Å². The highest BCUT2D eigenvalue weighted by molar-refractivity contribution is 5.24. The minimum absolute atomic E-state index is 0.748. The maximum Gasteiger partial charge on any atom is 0.0716 e. The Hall–Kier alpha value is -1.86. The van der Waals surface area contributed by atoms with Crippen LogP contribution in [0.1, 0.15) is 113 Å². The molecule has 1 nitrogen and oxygen atoms in total. The van der Waals surface area contributed by atoms with Gasteiger partial charge in [-0.2, -0.15) is 0 Å². The van der Waals surface area contributed by atoms with E-state index in [1.165, 1.54) is 119 Å². The Morgan fingerprint density at radius 2 is 1.19 bits per heavy atom. The molecule has 2 aromatic rings. The van der Waals surface area contributed by atoms with Crippen molar-refractivity contribution in [2.45, 2.75) is 117 Å². The van der Waals surface area contributed by atoms with Gasteiger partial charge in [0.2, 0.25) is 0 Å². The third kappa shape index (κ3) is 11.5. The fraction of sp³-hybridized carbons (Fsp3) is 0.600. The Balaban J connectivity index is 1.25. The molecule has 1 aliphatic rings. The van der Waals surface area contributed by atoms with Gasteiger partial charge in [-0.25, -0.2) is 0 Å². The van der Waals surface area contributed by atoms with Crippen LogP contribution in [0.3, 0.4) is 0 Å². The second kappa shape index (κ2) is 17.6. The van der Waals surface area contributed by atoms with Crippen LogP contribution in [0, 0.1) is 11.8 Å². The van der Waals surface area contributed by atoms with Crippen molar-refractivity contribution in [2.24, 2.45) is 11.8 Å². The van der Waals surface area contributed by atoms with Gasteiger partial charge in [0.1, 0.15) is 0 Å². The second-order valence-electron chi connectivity index (χ2n) is 11.1. The summed E-state index contributed by atoms with van der Waals surface area (Å²) in [6.07, 6.45) is 24.2. The summed E-state index contributed by atoms with van der Waals surface area (Å²) in [5, 5.41) is 0. The molecule has 1 aliphatic carbocycles. The van der Waals surface area contributed by atoms with E-state index in [0.717, 1.165) is 25.0 Å². The third-order valence-corrected chi connectivity index (χ3v) is 8.07. The van der Waals surface area contributed by atoms with Crippen LogP contribution in [-0.4, -0.2) is 6.61 Å². The molecule has 2 aromatic carbocycles. The Morgan fingerprint density at radius 3 is 1.78 bits per heavy atom. The van der Waals surface area contributed by atoms with E-state index in [4.69, 9.17) is 4.74 Å². The smallest absolute Gasteiger partial charge is 0.0716 e. The molecular formula is C35H52O. The van der Waals surface area contributed by atoms with Gasteiger partial charge in [0, 0.05) is 6.61 Å². The largest absolute Gasteiger partial charge is 0.377 e. The summed E-state index contributed by atoms with van der Waals surface area (Å²) in [6, 6.07) is 18.6. The van der Waals surface area contributed by atoms with Crippen LogP contribution in [0.25, 0.3) is 0 Å². The Kier molecular flexibility index (Phi) is 14.0. The molecule has 36 heavy (non-hydrogen) atoms. The highest BCUT2D eigenvalue weighted by Crippen LogP contribution is 2.33. The maximum absolute atomic E-state index is 5.78. The Labute approximate surface area is 222 Å². The van der Waals surface area contributed by atoms with Gasteiger partial charge in [-0.05, 0) is 105 Å². The first-order valence-corrected chi connectivity index (χ1v) is 15.1. The van der Waals surface area contributed by atoms with Gasteiger partial charge in [-0.15, -0.1) is 0 Å². The second-order valence-corrected chi connectivity index (χ2v) is 11.1. The van der Waals surface area contributed by atoms with Crippen molar-refractivity contribution in [2.75, 3.05) is 6.61 Å². The molecule has 1 saturated carbocycles. The van der Waals surface area contributed by atoms with Gasteiger partial charge in [0.05, 0.1) is 6.61 Å². The highest BCUT2D eigenvalue weighted by Gasteiger charge is 2.20. The lowest BCUT2D eigenvalue weighted by molar-refractivity contribution is 0.117. The molecule has 0 bridgehead atoms. The average molecular weight is 489 g/mol. The van der Waals surface area contributed by atoms with E-state index in [1.807, 2.05) is 0 Å². The van der Waals surface area contributed by atoms with Gasteiger partial charge >= 0.3 is 0 Å². The van der Waals surface area contributed by atoms with Crippen LogP contribution >= 0.6 is 0 Å². The number of benzene rings is 2. The normalized spacial score (nSPS) is 18.2. The number of hydrogen-bond donors (Lipinski definition) is 0. The number of ether oxygens (including phenoxy) is 1. The lowest BCUT2D eigenvalue weighted by Gasteiger charge is -2.28. The fourth-order valence-corrected chi connectivity index (χ4v) is 5.56. The third-order valence-electron chi connectivity index (χ3n) is 8.07. The Morgan fingerprint density at radius 1 is 0.639 bits per heavy atom. The Bertz CT molecular complexity index is 824. The van der Waals surface area contributed by atoms with Crippen molar-refractivity contribution in [3.8, 4) is 0 Å². The van der Waals surface area contributed by atoms with E-state index in [-0.39, 0.29) is 0 Å². The van der Waals surface area contributed by atoms with Crippen molar-refractivity contribution in [3.63, 3.8) is 0 Å². The zero-order valence-corrected chi connectivity index (χ0v) is 23.4. The van der Waals surface area contributed by atoms with Crippen molar-refractivity contribution in [3.05, 3.63) is 82.9 Å². The van der Waals surface area contributed by atoms with E-state index < -0.39 is 0 Å². The lowest BCUT2D eigenvalue weighted by Crippen LogP contribution is -2.14. The summed E-state index contributed by atoms with van der Waals surface area (Å²) in [6.45, 7) is 6.09. The van der Waals surface area contributed by atoms with Crippen LogP contribution in [0.2, 0.25) is 0 Å². The summed E-state index contributed by atoms with van der Waals surface area (Å²) in [5.74, 6) is 1.89. The minimum Gasteiger partial charge on any atom is -0.377 e. The summed E-state index contributed by atoms with van der Waals surface area (Å²) in [5.41, 5.74) is 5.77. The van der Waals surface area contributed by atoms with E-state index in [1.54, 1.807) is 0 Å². The zero-order valence-electron chi connectivity index (χ0n) is 23.4. The van der Waals surface area contributed by atoms with Crippen LogP contribution < -0.4 is 0 Å². The summed E-state index contributed by atoms with van der Waals surface area (Å²) in [4.78, 5) is 0. The molecule has 1 fully saturated rings. The molecule has 0 spiro atoms. The molecule has 0 saturated heterocycles. The molecule has 3 rings (SSSR count). The summed E-state index contributed by atoms with van der Waals surface area (Å²) in [7, 11) is 0. The number of unbranched alkanes of at least 4 members (excludes halogenated alkanes) is 3. The topological polar surface area (TPSA) is 9.23 Å². The van der Waals surface area contributed by atoms with E-state index in [0.29, 0.717) is 0 Å². The number of rotatable bonds is 17. The molecule has 198 valence electrons. The van der Waals surface area contributed by atoms with Gasteiger partial charge < -0.3 is 4.74 Å². The SMILES string of the molecule is CC/C=C/C[C@H]1CC[C@H](CCc2ccc(CCCCc3ccc(COCCCCC)cc3)cc2)CC1. The lowest BCUT2D eigenvalue weighted by atomic mass is 9.78. The predicted octanol–water partition coefficient (Wildman–Crippen LogP) is 10.1. The van der Waals surface area contributed by atoms with E-state index in [2.05, 4.69) is 74.5 Å². The number of aryl methyl sites for hydroxylation is 3. The average Bonchev–Trinajstić information content (AvgIpc) is 2.92. The van der Waals surface area contributed by atoms with Crippen molar-refractivity contribution in [1.29, 1.82) is 0 Å². The maximum atomic E-state index is 5.78. The zero-order chi connectivity index (χ0) is 25.3. The minimum atomic E-state index is 0.748. The molecule has 0 heterocycles. The molecule has 0 aliphatic heterocycles. The van der Waals surface area contributed by atoms with E-state index in [9.17, 15) is 0 Å². The van der Waals surface area contributed by atoms with Gasteiger partial charge in [0.15, 0.2) is 0 Å². The first kappa shape index (κ1) is 28.7. The predicted molar refractivity (Wildman–Crippen MR) is 157 cm³/mol. The quantitative estimate of drug-likeness (QED) is 0.159. The van der Waals surface area contributed by atoms with Crippen molar-refractivity contribution in [1.82, 2.24) is 0 Å². The first-order chi connectivity index (χ1) is 17.8. The summed E-state index contributed by atoms with van der Waals surface area (Å²) >= 11 is 0. The van der Waals surface area contributed by atoms with Crippen LogP contribution in [0.4, 0.5) is 0 Å². The molecule has 0 atom stereocenters. The molecular weight excluding hydrogens is 436 g/mol. The van der Waals surface area contributed by atoms with Gasteiger partial charge in [-0.1, -0.05) is 100 Å². The number of allylic oxidation sites excluding steroid dienone is 2. The molecule has 0 aromatic heterocycles. The highest BCUT2D eigenvalue weighted by atomic mass is 16.5. The van der Waals surface area contributed by atoms with E-state index >= 15 is 0 Å². The molecule has 0 N–H and O–H groups in total. The standard InChI is InChI=1S/C35H52O/c1-3-5-7-11-30-14-18-33(19-15-30)22-23-34-20-16-31(17-21-34)12-8-9-13-32-24-26-35(27-25-32)29-36-28-10-6-4-2/h5,7,16-17,20-21,24-27,30,33H,3-4,6,8-15,18-19,22-23,28-29H2,1-2H3/b7-5+/t30-,33-. The van der Waals surface area contributed by atoms with Crippen LogP contribution in [0.15, 0.2) is 60.7 Å². The number of hydrogen-bond acceptors (Lipinski definition) is 1. The van der Waals surface area contributed by atoms with Crippen LogP contribution in [0.5, 0.6) is 0 Å². The molecule has 1 heteroatoms. The first-order valence-electron chi connectivity index (χ1n) is 15.1. The summed E-state index contributed by atoms with van der Waals surface area (Å²) < 4.78 is 5.78. The van der Waals surface area contributed by atoms with Gasteiger partial charge in [0.25, 0.3) is 0 Å². The molecule has 0 radical (unpaired) electrons. The van der Waals surface area contributed by atoms with Crippen LogP contribution in [-0.2, 0) is 30.6 Å². The van der Waals surface area contributed by atoms with Crippen molar-refractivity contribution >= 4 is 0 Å². The molecule has 0 unspecified atom stereocenters. The van der Waals surface area contributed by atoms with Gasteiger partial charge in [-0.3, -0.25) is 0 Å².